The molecule has 0 aromatic heterocycles. The third-order valence-corrected chi connectivity index (χ3v) is 1.82. The van der Waals surface area contributed by atoms with Crippen molar-refractivity contribution in [3.63, 3.8) is 0 Å². The largest absolute Gasteiger partial charge is 0.383 e. The Hall–Kier alpha value is -0.860. The SMILES string of the molecule is C=C/C(=C\C(=C)C)CN(C)CCOC.CC. The van der Waals surface area contributed by atoms with Gasteiger partial charge in [-0.25, -0.2) is 0 Å². The van der Waals surface area contributed by atoms with Gasteiger partial charge in [0.15, 0.2) is 0 Å². The number of ether oxygens (including phenoxy) is 1. The summed E-state index contributed by atoms with van der Waals surface area (Å²) in [5.41, 5.74) is 2.25. The number of hydrogen-bond donors (Lipinski definition) is 0. The van der Waals surface area contributed by atoms with Crippen molar-refractivity contribution in [1.82, 2.24) is 4.90 Å². The molecule has 0 aliphatic heterocycles. The predicted molar refractivity (Wildman–Crippen MR) is 73.8 cm³/mol. The molecule has 0 aliphatic carbocycles. The van der Waals surface area contributed by atoms with Crippen LogP contribution in [0.1, 0.15) is 20.8 Å². The van der Waals surface area contributed by atoms with Gasteiger partial charge in [-0.1, -0.05) is 44.7 Å². The van der Waals surface area contributed by atoms with Crippen molar-refractivity contribution >= 4 is 0 Å². The topological polar surface area (TPSA) is 12.5 Å². The average Bonchev–Trinajstić information content (AvgIpc) is 2.27. The highest BCUT2D eigenvalue weighted by atomic mass is 16.5. The summed E-state index contributed by atoms with van der Waals surface area (Å²) in [6.45, 7) is 16.2. The van der Waals surface area contributed by atoms with E-state index in [9.17, 15) is 0 Å². The van der Waals surface area contributed by atoms with Crippen LogP contribution in [0.4, 0.5) is 0 Å². The highest BCUT2D eigenvalue weighted by Gasteiger charge is 1.99. The van der Waals surface area contributed by atoms with E-state index in [1.807, 2.05) is 26.8 Å². The van der Waals surface area contributed by atoms with E-state index in [1.165, 1.54) is 5.57 Å². The first-order chi connectivity index (χ1) is 7.60. The second kappa shape index (κ2) is 12.2. The molecule has 2 nitrogen and oxygen atoms in total. The number of methoxy groups -OCH3 is 1. The minimum atomic E-state index is 0.758. The summed E-state index contributed by atoms with van der Waals surface area (Å²) in [6, 6.07) is 0. The molecule has 0 aliphatic rings. The molecule has 0 amide bonds. The van der Waals surface area contributed by atoms with E-state index in [-0.39, 0.29) is 0 Å². The molecule has 0 atom stereocenters. The Morgan fingerprint density at radius 2 is 1.94 bits per heavy atom. The van der Waals surface area contributed by atoms with Crippen molar-refractivity contribution < 1.29 is 4.74 Å². The zero-order chi connectivity index (χ0) is 13.0. The lowest BCUT2D eigenvalue weighted by Gasteiger charge is -2.16. The second-order valence-corrected chi connectivity index (χ2v) is 3.50. The van der Waals surface area contributed by atoms with E-state index in [0.717, 1.165) is 25.3 Å². The summed E-state index contributed by atoms with van der Waals surface area (Å²) in [7, 11) is 3.78. The van der Waals surface area contributed by atoms with Gasteiger partial charge in [-0.05, 0) is 19.5 Å². The first kappa shape index (κ1) is 17.5. The van der Waals surface area contributed by atoms with Gasteiger partial charge in [0.2, 0.25) is 0 Å². The molecule has 0 aromatic rings. The highest BCUT2D eigenvalue weighted by molar-refractivity contribution is 5.27. The fraction of sp³-hybridized carbons (Fsp3) is 0.571. The van der Waals surface area contributed by atoms with Crippen LogP contribution in [0.15, 0.2) is 36.5 Å². The maximum Gasteiger partial charge on any atom is 0.0589 e. The van der Waals surface area contributed by atoms with Crippen LogP contribution < -0.4 is 0 Å². The van der Waals surface area contributed by atoms with Crippen LogP contribution in [-0.4, -0.2) is 38.8 Å². The molecular weight excluding hydrogens is 198 g/mol. The number of rotatable bonds is 7. The quantitative estimate of drug-likeness (QED) is 0.617. The van der Waals surface area contributed by atoms with Crippen LogP contribution in [0.3, 0.4) is 0 Å². The molecular formula is C14H27NO. The van der Waals surface area contributed by atoms with Crippen molar-refractivity contribution in [2.24, 2.45) is 0 Å². The van der Waals surface area contributed by atoms with Gasteiger partial charge in [0.05, 0.1) is 6.61 Å². The number of nitrogens with zero attached hydrogens (tertiary/aromatic N) is 1. The molecule has 0 spiro atoms. The Morgan fingerprint density at radius 3 is 2.31 bits per heavy atom. The fourth-order valence-corrected chi connectivity index (χ4v) is 1.12. The molecule has 0 rings (SSSR count). The standard InChI is InChI=1S/C12H21NO.C2H6/c1-6-12(9-11(2)3)10-13(4)7-8-14-5;1-2/h6,9H,1-2,7-8,10H2,3-5H3;1-2H3/b12-9+;. The van der Waals surface area contributed by atoms with Crippen LogP contribution in [0.5, 0.6) is 0 Å². The first-order valence-corrected chi connectivity index (χ1v) is 5.76. The molecule has 0 radical (unpaired) electrons. The molecule has 94 valence electrons. The summed E-state index contributed by atoms with van der Waals surface area (Å²) < 4.78 is 5.00. The zero-order valence-corrected chi connectivity index (χ0v) is 11.5. The number of likely N-dealkylation sites (N-methyl/N-ethyl adjacent to an activating group) is 1. The van der Waals surface area contributed by atoms with Crippen molar-refractivity contribution in [1.29, 1.82) is 0 Å². The molecule has 0 aromatic carbocycles. The van der Waals surface area contributed by atoms with E-state index in [0.29, 0.717) is 0 Å². The Kier molecular flexibility index (Phi) is 13.4. The summed E-state index contributed by atoms with van der Waals surface area (Å²) >= 11 is 0. The Labute approximate surface area is 101 Å². The Morgan fingerprint density at radius 1 is 1.38 bits per heavy atom. The van der Waals surface area contributed by atoms with Gasteiger partial charge in [-0.3, -0.25) is 4.90 Å². The number of allylic oxidation sites excluding steroid dienone is 2. The lowest BCUT2D eigenvalue weighted by molar-refractivity contribution is 0.166. The Bertz CT molecular complexity index is 219. The smallest absolute Gasteiger partial charge is 0.0589 e. The van der Waals surface area contributed by atoms with Gasteiger partial charge in [0, 0.05) is 20.2 Å². The van der Waals surface area contributed by atoms with E-state index >= 15 is 0 Å². The van der Waals surface area contributed by atoms with Crippen LogP contribution in [0, 0.1) is 0 Å². The van der Waals surface area contributed by atoms with Gasteiger partial charge < -0.3 is 4.74 Å². The first-order valence-electron chi connectivity index (χ1n) is 5.76. The predicted octanol–water partition coefficient (Wildman–Crippen LogP) is 3.28. The van der Waals surface area contributed by atoms with Gasteiger partial charge in [-0.2, -0.15) is 0 Å². The molecule has 0 N–H and O–H groups in total. The maximum atomic E-state index is 5.00. The van der Waals surface area contributed by atoms with E-state index in [4.69, 9.17) is 4.74 Å². The van der Waals surface area contributed by atoms with Crippen LogP contribution in [-0.2, 0) is 4.74 Å². The molecule has 0 heterocycles. The Balaban J connectivity index is 0. The molecule has 2 heteroatoms. The van der Waals surface area contributed by atoms with Gasteiger partial charge in [0.25, 0.3) is 0 Å². The summed E-state index contributed by atoms with van der Waals surface area (Å²) in [5.74, 6) is 0. The lowest BCUT2D eigenvalue weighted by Crippen LogP contribution is -2.24. The minimum Gasteiger partial charge on any atom is -0.383 e. The van der Waals surface area contributed by atoms with Crippen molar-refractivity contribution in [2.45, 2.75) is 20.8 Å². The zero-order valence-electron chi connectivity index (χ0n) is 11.5. The van der Waals surface area contributed by atoms with E-state index < -0.39 is 0 Å². The molecule has 0 fully saturated rings. The van der Waals surface area contributed by atoms with Crippen molar-refractivity contribution in [3.05, 3.63) is 36.5 Å². The highest BCUT2D eigenvalue weighted by Crippen LogP contribution is 2.03. The van der Waals surface area contributed by atoms with Crippen LogP contribution in [0.2, 0.25) is 0 Å². The number of hydrogen-bond acceptors (Lipinski definition) is 2. The monoisotopic (exact) mass is 225 g/mol. The van der Waals surface area contributed by atoms with Crippen molar-refractivity contribution in [2.75, 3.05) is 33.9 Å². The van der Waals surface area contributed by atoms with Gasteiger partial charge >= 0.3 is 0 Å². The summed E-state index contributed by atoms with van der Waals surface area (Å²) in [6.07, 6.45) is 3.92. The minimum absolute atomic E-state index is 0.758. The van der Waals surface area contributed by atoms with Crippen LogP contribution >= 0.6 is 0 Å². The molecule has 0 unspecified atom stereocenters. The maximum absolute atomic E-state index is 5.00. The summed E-state index contributed by atoms with van der Waals surface area (Å²) in [5, 5.41) is 0. The third kappa shape index (κ3) is 11.2. The average molecular weight is 225 g/mol. The van der Waals surface area contributed by atoms with Gasteiger partial charge in [0.1, 0.15) is 0 Å². The molecule has 0 saturated heterocycles. The second-order valence-electron chi connectivity index (χ2n) is 3.50. The lowest BCUT2D eigenvalue weighted by atomic mass is 10.2. The van der Waals surface area contributed by atoms with Crippen molar-refractivity contribution in [3.8, 4) is 0 Å². The van der Waals surface area contributed by atoms with E-state index in [2.05, 4.69) is 31.2 Å². The molecule has 0 bridgehead atoms. The van der Waals surface area contributed by atoms with Crippen LogP contribution in [0.25, 0.3) is 0 Å². The summed E-state index contributed by atoms with van der Waals surface area (Å²) in [4.78, 5) is 2.19. The fourth-order valence-electron chi connectivity index (χ4n) is 1.12. The van der Waals surface area contributed by atoms with E-state index in [1.54, 1.807) is 7.11 Å². The molecule has 16 heavy (non-hydrogen) atoms. The molecule has 0 saturated carbocycles. The normalized spacial score (nSPS) is 10.8. The third-order valence-electron chi connectivity index (χ3n) is 1.82. The van der Waals surface area contributed by atoms with Gasteiger partial charge in [-0.15, -0.1) is 0 Å².